The van der Waals surface area contributed by atoms with Crippen LogP contribution in [0.3, 0.4) is 0 Å². The molecular formula is C12H17NO3S. The summed E-state index contributed by atoms with van der Waals surface area (Å²) in [6, 6.07) is 1.96. The molecule has 0 aliphatic carbocycles. The second-order valence-corrected chi connectivity index (χ2v) is 6.07. The Labute approximate surface area is 105 Å². The SMILES string of the molecule is CC(C)(C)OC(=O)NC1COc2ccsc2C1. The third kappa shape index (κ3) is 3.36. The van der Waals surface area contributed by atoms with Crippen molar-refractivity contribution in [2.45, 2.75) is 38.8 Å². The standard InChI is InChI=1S/C12H17NO3S/c1-12(2,3)16-11(14)13-8-6-10-9(15-7-8)4-5-17-10/h4-5,8H,6-7H2,1-3H3,(H,13,14). The van der Waals surface area contributed by atoms with Gasteiger partial charge in [0.15, 0.2) is 0 Å². The van der Waals surface area contributed by atoms with Crippen LogP contribution in [0, 0.1) is 0 Å². The molecule has 0 saturated heterocycles. The molecule has 1 unspecified atom stereocenters. The molecular weight excluding hydrogens is 238 g/mol. The van der Waals surface area contributed by atoms with Gasteiger partial charge in [0.2, 0.25) is 0 Å². The monoisotopic (exact) mass is 255 g/mol. The first-order chi connectivity index (χ1) is 7.94. The maximum Gasteiger partial charge on any atom is 0.408 e. The van der Waals surface area contributed by atoms with Crippen LogP contribution in [0.2, 0.25) is 0 Å². The van der Waals surface area contributed by atoms with E-state index in [4.69, 9.17) is 9.47 Å². The van der Waals surface area contributed by atoms with Crippen LogP contribution in [0.25, 0.3) is 0 Å². The summed E-state index contributed by atoms with van der Waals surface area (Å²) in [6.07, 6.45) is 0.429. The smallest absolute Gasteiger partial charge is 0.408 e. The third-order valence-corrected chi connectivity index (χ3v) is 3.22. The van der Waals surface area contributed by atoms with Crippen molar-refractivity contribution in [3.8, 4) is 5.75 Å². The van der Waals surface area contributed by atoms with E-state index < -0.39 is 5.60 Å². The third-order valence-electron chi connectivity index (χ3n) is 2.30. The van der Waals surface area contributed by atoms with E-state index in [1.807, 2.05) is 32.2 Å². The first kappa shape index (κ1) is 12.2. The van der Waals surface area contributed by atoms with Crippen molar-refractivity contribution in [2.24, 2.45) is 0 Å². The zero-order chi connectivity index (χ0) is 12.5. The van der Waals surface area contributed by atoms with Crippen LogP contribution in [0.1, 0.15) is 25.6 Å². The Hall–Kier alpha value is -1.23. The molecule has 0 fully saturated rings. The molecule has 5 heteroatoms. The summed E-state index contributed by atoms with van der Waals surface area (Å²) in [4.78, 5) is 12.8. The molecule has 1 aliphatic rings. The number of nitrogens with one attached hydrogen (secondary N) is 1. The minimum absolute atomic E-state index is 0.00370. The van der Waals surface area contributed by atoms with Crippen LogP contribution in [-0.2, 0) is 11.2 Å². The maximum atomic E-state index is 11.6. The van der Waals surface area contributed by atoms with Gasteiger partial charge in [-0.05, 0) is 32.2 Å². The van der Waals surface area contributed by atoms with Crippen molar-refractivity contribution in [3.05, 3.63) is 16.3 Å². The number of amides is 1. The van der Waals surface area contributed by atoms with Crippen LogP contribution in [-0.4, -0.2) is 24.3 Å². The Morgan fingerprint density at radius 2 is 2.35 bits per heavy atom. The molecule has 1 atom stereocenters. The molecule has 0 spiro atoms. The molecule has 1 amide bonds. The molecule has 0 saturated carbocycles. The highest BCUT2D eigenvalue weighted by molar-refractivity contribution is 7.10. The molecule has 0 radical (unpaired) electrons. The van der Waals surface area contributed by atoms with E-state index in [0.29, 0.717) is 6.61 Å². The fourth-order valence-corrected chi connectivity index (χ4v) is 2.54. The Morgan fingerprint density at radius 1 is 1.59 bits per heavy atom. The summed E-state index contributed by atoms with van der Waals surface area (Å²) >= 11 is 1.65. The molecule has 0 aromatic carbocycles. The summed E-state index contributed by atoms with van der Waals surface area (Å²) in [5, 5.41) is 4.83. The van der Waals surface area contributed by atoms with Crippen molar-refractivity contribution in [2.75, 3.05) is 6.61 Å². The van der Waals surface area contributed by atoms with Crippen LogP contribution in [0.4, 0.5) is 4.79 Å². The van der Waals surface area contributed by atoms with E-state index in [2.05, 4.69) is 5.32 Å². The molecule has 1 N–H and O–H groups in total. The van der Waals surface area contributed by atoms with Crippen molar-refractivity contribution < 1.29 is 14.3 Å². The number of alkyl carbamates (subject to hydrolysis) is 1. The minimum Gasteiger partial charge on any atom is -0.490 e. The van der Waals surface area contributed by atoms with Gasteiger partial charge in [0.25, 0.3) is 0 Å². The second-order valence-electron chi connectivity index (χ2n) is 5.07. The number of carbonyl (C=O) groups is 1. The highest BCUT2D eigenvalue weighted by Gasteiger charge is 2.24. The summed E-state index contributed by atoms with van der Waals surface area (Å²) in [5.41, 5.74) is -0.465. The summed E-state index contributed by atoms with van der Waals surface area (Å²) in [7, 11) is 0. The summed E-state index contributed by atoms with van der Waals surface area (Å²) in [5.74, 6) is 0.942. The van der Waals surface area contributed by atoms with Gasteiger partial charge in [-0.1, -0.05) is 0 Å². The fraction of sp³-hybridized carbons (Fsp3) is 0.583. The van der Waals surface area contributed by atoms with E-state index in [9.17, 15) is 4.79 Å². The molecule has 1 aromatic heterocycles. The van der Waals surface area contributed by atoms with Crippen LogP contribution < -0.4 is 10.1 Å². The average molecular weight is 255 g/mol. The molecule has 94 valence electrons. The van der Waals surface area contributed by atoms with Gasteiger partial charge in [0.1, 0.15) is 18.0 Å². The van der Waals surface area contributed by atoms with Crippen molar-refractivity contribution in [3.63, 3.8) is 0 Å². The topological polar surface area (TPSA) is 47.6 Å². The van der Waals surface area contributed by atoms with E-state index >= 15 is 0 Å². The number of carbonyl (C=O) groups excluding carboxylic acids is 1. The Morgan fingerprint density at radius 3 is 3.06 bits per heavy atom. The predicted octanol–water partition coefficient (Wildman–Crippen LogP) is 2.58. The zero-order valence-electron chi connectivity index (χ0n) is 10.3. The van der Waals surface area contributed by atoms with Gasteiger partial charge >= 0.3 is 6.09 Å². The number of hydrogen-bond donors (Lipinski definition) is 1. The van der Waals surface area contributed by atoms with Gasteiger partial charge in [0, 0.05) is 11.3 Å². The van der Waals surface area contributed by atoms with E-state index in [-0.39, 0.29) is 12.1 Å². The highest BCUT2D eigenvalue weighted by Crippen LogP contribution is 2.29. The quantitative estimate of drug-likeness (QED) is 0.839. The average Bonchev–Trinajstić information content (AvgIpc) is 2.61. The van der Waals surface area contributed by atoms with Crippen molar-refractivity contribution >= 4 is 17.4 Å². The normalized spacial score (nSPS) is 19.1. The van der Waals surface area contributed by atoms with Gasteiger partial charge < -0.3 is 14.8 Å². The molecule has 17 heavy (non-hydrogen) atoms. The number of ether oxygens (including phenoxy) is 2. The highest BCUT2D eigenvalue weighted by atomic mass is 32.1. The van der Waals surface area contributed by atoms with Gasteiger partial charge in [-0.15, -0.1) is 11.3 Å². The van der Waals surface area contributed by atoms with Gasteiger partial charge in [-0.3, -0.25) is 0 Å². The molecule has 2 rings (SSSR count). The lowest BCUT2D eigenvalue weighted by Crippen LogP contribution is -2.44. The van der Waals surface area contributed by atoms with Gasteiger partial charge in [0.05, 0.1) is 6.04 Å². The Balaban J connectivity index is 1.88. The Kier molecular flexibility index (Phi) is 3.28. The lowest BCUT2D eigenvalue weighted by molar-refractivity contribution is 0.0482. The lowest BCUT2D eigenvalue weighted by Gasteiger charge is -2.26. The van der Waals surface area contributed by atoms with Crippen LogP contribution in [0.5, 0.6) is 5.75 Å². The summed E-state index contributed by atoms with van der Waals surface area (Å²) in [6.45, 7) is 6.05. The molecule has 1 aliphatic heterocycles. The zero-order valence-corrected chi connectivity index (χ0v) is 11.1. The second kappa shape index (κ2) is 4.56. The molecule has 0 bridgehead atoms. The number of fused-ring (bicyclic) bond motifs is 1. The van der Waals surface area contributed by atoms with Crippen molar-refractivity contribution in [1.29, 1.82) is 0 Å². The van der Waals surface area contributed by atoms with Crippen molar-refractivity contribution in [1.82, 2.24) is 5.32 Å². The van der Waals surface area contributed by atoms with E-state index in [1.54, 1.807) is 11.3 Å². The summed E-state index contributed by atoms with van der Waals surface area (Å²) < 4.78 is 10.8. The molecule has 2 heterocycles. The van der Waals surface area contributed by atoms with E-state index in [0.717, 1.165) is 12.2 Å². The largest absolute Gasteiger partial charge is 0.490 e. The predicted molar refractivity (Wildman–Crippen MR) is 66.7 cm³/mol. The number of rotatable bonds is 1. The number of hydrogen-bond acceptors (Lipinski definition) is 4. The van der Waals surface area contributed by atoms with Crippen LogP contribution >= 0.6 is 11.3 Å². The van der Waals surface area contributed by atoms with Gasteiger partial charge in [-0.2, -0.15) is 0 Å². The molecule has 4 nitrogen and oxygen atoms in total. The fourth-order valence-electron chi connectivity index (χ4n) is 1.65. The first-order valence-electron chi connectivity index (χ1n) is 5.63. The lowest BCUT2D eigenvalue weighted by atomic mass is 10.1. The minimum atomic E-state index is -0.465. The number of thiophene rings is 1. The Bertz CT molecular complexity index is 408. The van der Waals surface area contributed by atoms with Gasteiger partial charge in [-0.25, -0.2) is 4.79 Å². The molecule has 1 aromatic rings. The van der Waals surface area contributed by atoms with E-state index in [1.165, 1.54) is 4.88 Å². The first-order valence-corrected chi connectivity index (χ1v) is 6.51. The maximum absolute atomic E-state index is 11.6. The van der Waals surface area contributed by atoms with Crippen LogP contribution in [0.15, 0.2) is 11.4 Å².